The van der Waals surface area contributed by atoms with Crippen molar-refractivity contribution < 1.29 is 13.9 Å². The number of carbonyl (C=O) groups excluding carboxylic acids is 1. The number of piperazine rings is 1. The van der Waals surface area contributed by atoms with Gasteiger partial charge in [-0.3, -0.25) is 4.79 Å². The molecule has 3 aromatic rings. The fraction of sp³-hybridized carbons (Fsp3) is 0.346. The molecule has 0 radical (unpaired) electrons. The van der Waals surface area contributed by atoms with Gasteiger partial charge in [0.2, 0.25) is 0 Å². The van der Waals surface area contributed by atoms with Gasteiger partial charge in [0, 0.05) is 31.7 Å². The molecular weight excluding hydrogens is 419 g/mol. The van der Waals surface area contributed by atoms with E-state index in [1.807, 2.05) is 30.0 Å². The smallest absolute Gasteiger partial charge is 0.260 e. The van der Waals surface area contributed by atoms with Crippen LogP contribution in [0.15, 0.2) is 54.6 Å². The molecule has 0 bridgehead atoms. The second-order valence-electron chi connectivity index (χ2n) is 8.64. The average molecular weight is 449 g/mol. The zero-order valence-corrected chi connectivity index (χ0v) is 19.3. The summed E-state index contributed by atoms with van der Waals surface area (Å²) >= 11 is 0. The van der Waals surface area contributed by atoms with E-state index in [0.29, 0.717) is 37.8 Å². The topological polar surface area (TPSA) is 58.6 Å². The molecule has 0 aliphatic carbocycles. The molecule has 1 aromatic heterocycles. The molecule has 0 atom stereocenters. The molecule has 4 rings (SSSR count). The summed E-state index contributed by atoms with van der Waals surface area (Å²) in [4.78, 5) is 16.7. The number of amides is 1. The molecule has 1 amide bonds. The summed E-state index contributed by atoms with van der Waals surface area (Å²) < 4.78 is 19.0. The maximum atomic E-state index is 13.1. The first kappa shape index (κ1) is 22.7. The average Bonchev–Trinajstić information content (AvgIpc) is 2.83. The van der Waals surface area contributed by atoms with Crippen LogP contribution < -0.4 is 9.64 Å². The summed E-state index contributed by atoms with van der Waals surface area (Å²) in [7, 11) is 0. The number of rotatable bonds is 6. The van der Waals surface area contributed by atoms with E-state index in [1.165, 1.54) is 12.1 Å². The Kier molecular flexibility index (Phi) is 6.87. The third kappa shape index (κ3) is 5.48. The summed E-state index contributed by atoms with van der Waals surface area (Å²) in [6.45, 7) is 8.86. The van der Waals surface area contributed by atoms with Gasteiger partial charge in [-0.15, -0.1) is 10.2 Å². The highest BCUT2D eigenvalue weighted by atomic mass is 19.1. The largest absolute Gasteiger partial charge is 0.483 e. The van der Waals surface area contributed by atoms with Gasteiger partial charge in [0.25, 0.3) is 5.91 Å². The van der Waals surface area contributed by atoms with Crippen molar-refractivity contribution in [2.45, 2.75) is 26.7 Å². The number of ether oxygens (including phenoxy) is 1. The number of benzene rings is 2. The molecule has 0 N–H and O–H groups in total. The third-order valence-electron chi connectivity index (χ3n) is 5.89. The van der Waals surface area contributed by atoms with Crippen LogP contribution in [0.4, 0.5) is 10.2 Å². The number of anilines is 1. The predicted octanol–water partition coefficient (Wildman–Crippen LogP) is 4.44. The van der Waals surface area contributed by atoms with Crippen LogP contribution in [-0.4, -0.2) is 53.8 Å². The molecule has 0 spiro atoms. The monoisotopic (exact) mass is 448 g/mol. The lowest BCUT2D eigenvalue weighted by Gasteiger charge is -2.35. The van der Waals surface area contributed by atoms with E-state index in [4.69, 9.17) is 4.74 Å². The van der Waals surface area contributed by atoms with Crippen molar-refractivity contribution in [2.75, 3.05) is 37.7 Å². The molecule has 6 nitrogen and oxygen atoms in total. The summed E-state index contributed by atoms with van der Waals surface area (Å²) in [5.41, 5.74) is 3.74. The van der Waals surface area contributed by atoms with Crippen molar-refractivity contribution in [3.63, 3.8) is 0 Å². The van der Waals surface area contributed by atoms with E-state index >= 15 is 0 Å². The van der Waals surface area contributed by atoms with Gasteiger partial charge in [-0.1, -0.05) is 26.0 Å². The molecule has 7 heteroatoms. The van der Waals surface area contributed by atoms with Crippen LogP contribution in [0.25, 0.3) is 11.3 Å². The maximum Gasteiger partial charge on any atom is 0.260 e. The minimum Gasteiger partial charge on any atom is -0.483 e. The van der Waals surface area contributed by atoms with Gasteiger partial charge in [-0.2, -0.15) is 0 Å². The lowest BCUT2D eigenvalue weighted by Crippen LogP contribution is -2.50. The lowest BCUT2D eigenvalue weighted by molar-refractivity contribution is -0.133. The van der Waals surface area contributed by atoms with Gasteiger partial charge >= 0.3 is 0 Å². The Labute approximate surface area is 194 Å². The number of halogens is 1. The Bertz CT molecular complexity index is 1090. The van der Waals surface area contributed by atoms with Crippen LogP contribution in [0, 0.1) is 12.7 Å². The molecule has 172 valence electrons. The second kappa shape index (κ2) is 9.98. The van der Waals surface area contributed by atoms with E-state index in [-0.39, 0.29) is 18.3 Å². The van der Waals surface area contributed by atoms with Gasteiger partial charge in [0.05, 0.1) is 5.69 Å². The van der Waals surface area contributed by atoms with Crippen molar-refractivity contribution in [1.82, 2.24) is 15.1 Å². The molecule has 1 fully saturated rings. The van der Waals surface area contributed by atoms with Crippen LogP contribution >= 0.6 is 0 Å². The van der Waals surface area contributed by atoms with Crippen molar-refractivity contribution in [3.05, 3.63) is 71.5 Å². The van der Waals surface area contributed by atoms with Gasteiger partial charge in [-0.05, 0) is 66.4 Å². The summed E-state index contributed by atoms with van der Waals surface area (Å²) in [5, 5.41) is 8.62. The van der Waals surface area contributed by atoms with Crippen LogP contribution in [0.1, 0.15) is 30.9 Å². The predicted molar refractivity (Wildman–Crippen MR) is 127 cm³/mol. The first-order chi connectivity index (χ1) is 15.9. The van der Waals surface area contributed by atoms with Crippen LogP contribution in [-0.2, 0) is 4.79 Å². The third-order valence-corrected chi connectivity index (χ3v) is 5.89. The Morgan fingerprint density at radius 3 is 2.36 bits per heavy atom. The Balaban J connectivity index is 1.31. The SMILES string of the molecule is Cc1ccc(C(C)C)c(OCC(=O)N2CCN(c3ccc(-c4ccc(F)cc4)nn3)CC2)c1. The highest BCUT2D eigenvalue weighted by Gasteiger charge is 2.23. The maximum absolute atomic E-state index is 13.1. The first-order valence-corrected chi connectivity index (χ1v) is 11.3. The number of aromatic nitrogens is 2. The standard InChI is InChI=1S/C26H29FN4O2/c1-18(2)22-9-4-19(3)16-24(22)33-17-26(32)31-14-12-30(13-15-31)25-11-10-23(28-29-25)20-5-7-21(27)8-6-20/h4-11,16,18H,12-15,17H2,1-3H3. The number of hydrogen-bond acceptors (Lipinski definition) is 5. The zero-order chi connectivity index (χ0) is 23.4. The fourth-order valence-electron chi connectivity index (χ4n) is 3.93. The van der Waals surface area contributed by atoms with Gasteiger partial charge in [-0.25, -0.2) is 4.39 Å². The molecule has 0 unspecified atom stereocenters. The van der Waals surface area contributed by atoms with Crippen LogP contribution in [0.3, 0.4) is 0 Å². The fourth-order valence-corrected chi connectivity index (χ4v) is 3.93. The molecule has 1 aliphatic heterocycles. The number of aryl methyl sites for hydroxylation is 1. The number of carbonyl (C=O) groups is 1. The van der Waals surface area contributed by atoms with E-state index in [1.54, 1.807) is 12.1 Å². The molecular formula is C26H29FN4O2. The number of nitrogens with zero attached hydrogens (tertiary/aromatic N) is 4. The Morgan fingerprint density at radius 2 is 1.73 bits per heavy atom. The minimum absolute atomic E-state index is 0.0106. The highest BCUT2D eigenvalue weighted by Crippen LogP contribution is 2.27. The van der Waals surface area contributed by atoms with E-state index in [2.05, 4.69) is 41.1 Å². The summed E-state index contributed by atoms with van der Waals surface area (Å²) in [6, 6.07) is 16.1. The molecule has 0 saturated carbocycles. The van der Waals surface area contributed by atoms with E-state index in [9.17, 15) is 9.18 Å². The van der Waals surface area contributed by atoms with Crippen LogP contribution in [0.2, 0.25) is 0 Å². The zero-order valence-electron chi connectivity index (χ0n) is 19.3. The normalized spacial score (nSPS) is 14.0. The van der Waals surface area contributed by atoms with Gasteiger partial charge < -0.3 is 14.5 Å². The highest BCUT2D eigenvalue weighted by molar-refractivity contribution is 5.78. The molecule has 33 heavy (non-hydrogen) atoms. The number of hydrogen-bond donors (Lipinski definition) is 0. The second-order valence-corrected chi connectivity index (χ2v) is 8.64. The van der Waals surface area contributed by atoms with Gasteiger partial charge in [0.15, 0.2) is 12.4 Å². The first-order valence-electron chi connectivity index (χ1n) is 11.3. The van der Waals surface area contributed by atoms with Crippen molar-refractivity contribution in [1.29, 1.82) is 0 Å². The lowest BCUT2D eigenvalue weighted by atomic mass is 10.0. The van der Waals surface area contributed by atoms with Crippen molar-refractivity contribution in [3.8, 4) is 17.0 Å². The summed E-state index contributed by atoms with van der Waals surface area (Å²) in [5.74, 6) is 1.60. The Morgan fingerprint density at radius 1 is 1.00 bits per heavy atom. The molecule has 1 aliphatic rings. The van der Waals surface area contributed by atoms with E-state index < -0.39 is 0 Å². The van der Waals surface area contributed by atoms with Crippen LogP contribution in [0.5, 0.6) is 5.75 Å². The minimum atomic E-state index is -0.277. The quantitative estimate of drug-likeness (QED) is 0.558. The molecule has 1 saturated heterocycles. The Hall–Kier alpha value is -3.48. The van der Waals surface area contributed by atoms with E-state index in [0.717, 1.165) is 28.3 Å². The van der Waals surface area contributed by atoms with Crippen molar-refractivity contribution >= 4 is 11.7 Å². The molecule has 2 heterocycles. The van der Waals surface area contributed by atoms with Crippen molar-refractivity contribution in [2.24, 2.45) is 0 Å². The van der Waals surface area contributed by atoms with Gasteiger partial charge in [0.1, 0.15) is 11.6 Å². The molecule has 2 aromatic carbocycles. The summed E-state index contributed by atoms with van der Waals surface area (Å²) in [6.07, 6.45) is 0.